The Morgan fingerprint density at radius 1 is 1.11 bits per heavy atom. The highest BCUT2D eigenvalue weighted by Gasteiger charge is 2.59. The van der Waals surface area contributed by atoms with Gasteiger partial charge in [0.05, 0.1) is 5.41 Å². The number of aromatic nitrogens is 1. The molecule has 1 N–H and O–H groups in total. The third kappa shape index (κ3) is 6.84. The van der Waals surface area contributed by atoms with E-state index in [1.165, 1.54) is 5.56 Å². The number of pyridine rings is 1. The molecule has 0 bridgehead atoms. The first kappa shape index (κ1) is 29.9. The van der Waals surface area contributed by atoms with Crippen LogP contribution >= 0.6 is 0 Å². The van der Waals surface area contributed by atoms with E-state index in [0.717, 1.165) is 71.4 Å². The van der Waals surface area contributed by atoms with Crippen LogP contribution in [0, 0.1) is 11.3 Å². The minimum atomic E-state index is -5.08. The molecule has 0 unspecified atom stereocenters. The molecule has 4 heterocycles. The fourth-order valence-electron chi connectivity index (χ4n) is 6.16. The summed E-state index contributed by atoms with van der Waals surface area (Å²) >= 11 is 0. The van der Waals surface area contributed by atoms with Crippen LogP contribution in [0.2, 0.25) is 0 Å². The molecule has 3 aliphatic heterocycles. The van der Waals surface area contributed by atoms with Crippen LogP contribution in [0.25, 0.3) is 0 Å². The number of piperidine rings is 2. The summed E-state index contributed by atoms with van der Waals surface area (Å²) in [5.41, 5.74) is 0.985. The number of rotatable bonds is 5. The first-order valence-corrected chi connectivity index (χ1v) is 13.3. The van der Waals surface area contributed by atoms with Gasteiger partial charge in [0.15, 0.2) is 0 Å². The quantitative estimate of drug-likeness (QED) is 0.608. The fourth-order valence-corrected chi connectivity index (χ4v) is 6.16. The van der Waals surface area contributed by atoms with Crippen molar-refractivity contribution in [2.75, 3.05) is 32.7 Å². The van der Waals surface area contributed by atoms with Gasteiger partial charge < -0.3 is 14.9 Å². The van der Waals surface area contributed by atoms with Gasteiger partial charge in [0.1, 0.15) is 0 Å². The first-order chi connectivity index (χ1) is 17.8. The average Bonchev–Trinajstić information content (AvgIpc) is 3.07. The van der Waals surface area contributed by atoms with E-state index in [-0.39, 0.29) is 16.9 Å². The molecule has 8 nitrogen and oxygen atoms in total. The summed E-state index contributed by atoms with van der Waals surface area (Å²) < 4.78 is 31.7. The van der Waals surface area contributed by atoms with E-state index in [4.69, 9.17) is 9.90 Å². The molecule has 2 spiro atoms. The lowest BCUT2D eigenvalue weighted by Crippen LogP contribution is -2.54. The van der Waals surface area contributed by atoms with Gasteiger partial charge in [0, 0.05) is 50.5 Å². The van der Waals surface area contributed by atoms with Crippen LogP contribution in [-0.4, -0.2) is 87.0 Å². The molecule has 3 saturated heterocycles. The fraction of sp³-hybridized carbons (Fsp3) is 0.704. The van der Waals surface area contributed by atoms with Crippen LogP contribution in [0.15, 0.2) is 24.5 Å². The molecule has 0 aliphatic carbocycles. The zero-order valence-electron chi connectivity index (χ0n) is 22.5. The number of halogens is 3. The molecule has 2 amide bonds. The number of carboxylic acids is 1. The zero-order valence-corrected chi connectivity index (χ0v) is 22.5. The molecule has 0 saturated carbocycles. The first-order valence-electron chi connectivity index (χ1n) is 13.3. The van der Waals surface area contributed by atoms with Crippen molar-refractivity contribution >= 4 is 17.8 Å². The standard InChI is InChI=1S/C25H38N4O2.C2HF3O2/c1-4-29-23(31)24(7-12-27(13-8-24)18-21-6-5-11-26-17-21)19-25(29)9-14-28(15-10-25)22(30)16-20(2)3;3-2(4,5)1(6)7/h5-6,11,17,20H,4,7-10,12-16,18-19H2,1-3H3;(H,6,7). The van der Waals surface area contributed by atoms with Gasteiger partial charge >= 0.3 is 12.1 Å². The second-order valence-corrected chi connectivity index (χ2v) is 11.1. The molecule has 0 atom stereocenters. The molecule has 0 radical (unpaired) electrons. The Balaban J connectivity index is 0.000000505. The Labute approximate surface area is 222 Å². The van der Waals surface area contributed by atoms with Gasteiger partial charge in [-0.3, -0.25) is 19.5 Å². The smallest absolute Gasteiger partial charge is 0.475 e. The van der Waals surface area contributed by atoms with Crippen molar-refractivity contribution in [3.8, 4) is 0 Å². The normalized spacial score (nSPS) is 21.1. The Morgan fingerprint density at radius 3 is 2.18 bits per heavy atom. The monoisotopic (exact) mass is 540 g/mol. The molecule has 4 rings (SSSR count). The summed E-state index contributed by atoms with van der Waals surface area (Å²) in [7, 11) is 0. The van der Waals surface area contributed by atoms with Crippen LogP contribution in [0.3, 0.4) is 0 Å². The molecule has 3 aliphatic rings. The number of hydrogen-bond acceptors (Lipinski definition) is 5. The van der Waals surface area contributed by atoms with Crippen molar-refractivity contribution in [3.63, 3.8) is 0 Å². The van der Waals surface area contributed by atoms with Crippen LogP contribution in [0.4, 0.5) is 13.2 Å². The largest absolute Gasteiger partial charge is 0.490 e. The van der Waals surface area contributed by atoms with Crippen molar-refractivity contribution in [3.05, 3.63) is 30.1 Å². The minimum absolute atomic E-state index is 0.0496. The Kier molecular flexibility index (Phi) is 9.43. The molecular formula is C27H39F3N4O4. The van der Waals surface area contributed by atoms with E-state index in [9.17, 15) is 22.8 Å². The molecule has 1 aromatic heterocycles. The van der Waals surface area contributed by atoms with Crippen molar-refractivity contribution in [2.45, 2.75) is 77.6 Å². The third-order valence-electron chi connectivity index (χ3n) is 8.07. The molecule has 0 aromatic carbocycles. The summed E-state index contributed by atoms with van der Waals surface area (Å²) in [6, 6.07) is 4.11. The van der Waals surface area contributed by atoms with Crippen molar-refractivity contribution < 1.29 is 32.7 Å². The Hall–Kier alpha value is -2.69. The number of carbonyl (C=O) groups excluding carboxylic acids is 2. The number of hydrogen-bond donors (Lipinski definition) is 1. The van der Waals surface area contributed by atoms with Crippen molar-refractivity contribution in [1.82, 2.24) is 19.7 Å². The average molecular weight is 541 g/mol. The third-order valence-corrected chi connectivity index (χ3v) is 8.07. The van der Waals surface area contributed by atoms with Gasteiger partial charge in [-0.1, -0.05) is 19.9 Å². The lowest BCUT2D eigenvalue weighted by molar-refractivity contribution is -0.192. The van der Waals surface area contributed by atoms with Crippen molar-refractivity contribution in [1.29, 1.82) is 0 Å². The van der Waals surface area contributed by atoms with Gasteiger partial charge in [-0.05, 0) is 69.7 Å². The maximum absolute atomic E-state index is 13.6. The predicted octanol–water partition coefficient (Wildman–Crippen LogP) is 3.96. The van der Waals surface area contributed by atoms with E-state index in [1.54, 1.807) is 0 Å². The van der Waals surface area contributed by atoms with Crippen molar-refractivity contribution in [2.24, 2.45) is 11.3 Å². The maximum Gasteiger partial charge on any atom is 0.490 e. The number of likely N-dealkylation sites (tertiary alicyclic amines) is 3. The van der Waals surface area contributed by atoms with Crippen LogP contribution in [-0.2, 0) is 20.9 Å². The summed E-state index contributed by atoms with van der Waals surface area (Å²) in [6.07, 6.45) is 4.01. The molecule has 38 heavy (non-hydrogen) atoms. The highest BCUT2D eigenvalue weighted by Crippen LogP contribution is 2.52. The highest BCUT2D eigenvalue weighted by molar-refractivity contribution is 5.86. The van der Waals surface area contributed by atoms with Crippen LogP contribution in [0.1, 0.15) is 64.9 Å². The van der Waals surface area contributed by atoms with Gasteiger partial charge in [-0.2, -0.15) is 13.2 Å². The summed E-state index contributed by atoms with van der Waals surface area (Å²) in [6.45, 7) is 11.5. The highest BCUT2D eigenvalue weighted by atomic mass is 19.4. The molecule has 11 heteroatoms. The summed E-state index contributed by atoms with van der Waals surface area (Å²) in [4.78, 5) is 46.0. The van der Waals surface area contributed by atoms with E-state index in [2.05, 4.69) is 41.6 Å². The second-order valence-electron chi connectivity index (χ2n) is 11.1. The molecule has 1 aromatic rings. The number of nitrogens with zero attached hydrogens (tertiary/aromatic N) is 4. The number of alkyl halides is 3. The second kappa shape index (κ2) is 12.0. The molecule has 3 fully saturated rings. The lowest BCUT2D eigenvalue weighted by atomic mass is 9.71. The van der Waals surface area contributed by atoms with E-state index in [1.807, 2.05) is 23.4 Å². The van der Waals surface area contributed by atoms with Crippen LogP contribution in [0.5, 0.6) is 0 Å². The molecule has 212 valence electrons. The van der Waals surface area contributed by atoms with Gasteiger partial charge in [0.2, 0.25) is 11.8 Å². The zero-order chi connectivity index (χ0) is 28.1. The summed E-state index contributed by atoms with van der Waals surface area (Å²) in [5.74, 6) is -1.72. The number of aliphatic carboxylic acids is 1. The van der Waals surface area contributed by atoms with Gasteiger partial charge in [-0.15, -0.1) is 0 Å². The number of carbonyl (C=O) groups is 3. The SMILES string of the molecule is CCN1C(=O)C2(CCN(Cc3cccnc3)CC2)CC12CCN(C(=O)CC(C)C)CC2.O=C(O)C(F)(F)F. The lowest BCUT2D eigenvalue weighted by Gasteiger charge is -2.45. The molecular weight excluding hydrogens is 501 g/mol. The number of amides is 2. The van der Waals surface area contributed by atoms with E-state index in [0.29, 0.717) is 18.2 Å². The van der Waals surface area contributed by atoms with E-state index < -0.39 is 12.1 Å². The minimum Gasteiger partial charge on any atom is -0.475 e. The predicted molar refractivity (Wildman–Crippen MR) is 135 cm³/mol. The van der Waals surface area contributed by atoms with Gasteiger partial charge in [0.25, 0.3) is 0 Å². The van der Waals surface area contributed by atoms with Crippen LogP contribution < -0.4 is 0 Å². The Bertz CT molecular complexity index is 970. The van der Waals surface area contributed by atoms with Gasteiger partial charge in [-0.25, -0.2) is 4.79 Å². The maximum atomic E-state index is 13.6. The number of carboxylic acid groups (broad SMARTS) is 1. The topological polar surface area (TPSA) is 94.1 Å². The Morgan fingerprint density at radius 2 is 1.71 bits per heavy atom. The summed E-state index contributed by atoms with van der Waals surface area (Å²) in [5, 5.41) is 7.12. The van der Waals surface area contributed by atoms with E-state index >= 15 is 0 Å².